The van der Waals surface area contributed by atoms with Gasteiger partial charge in [0.1, 0.15) is 5.84 Å². The van der Waals surface area contributed by atoms with E-state index in [-0.39, 0.29) is 0 Å². The first kappa shape index (κ1) is 7.55. The standard InChI is InChI=1S/C9H13N3/c1-10-6-8-7-12-5-3-2-4-9(12)11-8/h2-5,8,10H,6-7H2,1H3. The summed E-state index contributed by atoms with van der Waals surface area (Å²) in [5, 5.41) is 3.14. The first-order valence-corrected chi connectivity index (χ1v) is 4.24. The van der Waals surface area contributed by atoms with Crippen LogP contribution in [0.4, 0.5) is 0 Å². The minimum Gasteiger partial charge on any atom is -0.331 e. The maximum atomic E-state index is 4.54. The van der Waals surface area contributed by atoms with Gasteiger partial charge in [-0.25, -0.2) is 0 Å². The summed E-state index contributed by atoms with van der Waals surface area (Å²) in [5.41, 5.74) is 0. The number of nitrogens with zero attached hydrogens (tertiary/aromatic N) is 2. The van der Waals surface area contributed by atoms with Crippen LogP contribution >= 0.6 is 0 Å². The summed E-state index contributed by atoms with van der Waals surface area (Å²) >= 11 is 0. The molecule has 0 bridgehead atoms. The summed E-state index contributed by atoms with van der Waals surface area (Å²) in [6, 6.07) is 0.414. The fourth-order valence-corrected chi connectivity index (χ4v) is 1.54. The Morgan fingerprint density at radius 1 is 1.67 bits per heavy atom. The molecule has 1 N–H and O–H groups in total. The minimum atomic E-state index is 0.414. The maximum absolute atomic E-state index is 4.54. The van der Waals surface area contributed by atoms with Crippen LogP contribution in [0.1, 0.15) is 0 Å². The first-order valence-electron chi connectivity index (χ1n) is 4.24. The first-order chi connectivity index (χ1) is 5.90. The zero-order valence-corrected chi connectivity index (χ0v) is 7.20. The van der Waals surface area contributed by atoms with Crippen molar-refractivity contribution in [1.29, 1.82) is 0 Å². The molecule has 3 nitrogen and oxygen atoms in total. The highest BCUT2D eigenvalue weighted by atomic mass is 15.2. The highest BCUT2D eigenvalue weighted by Crippen LogP contribution is 2.12. The zero-order chi connectivity index (χ0) is 8.39. The summed E-state index contributed by atoms with van der Waals surface area (Å²) in [4.78, 5) is 6.72. The van der Waals surface area contributed by atoms with Gasteiger partial charge in [-0.3, -0.25) is 4.99 Å². The largest absolute Gasteiger partial charge is 0.331 e. The van der Waals surface area contributed by atoms with E-state index in [1.54, 1.807) is 0 Å². The number of hydrogen-bond acceptors (Lipinski definition) is 3. The molecule has 0 saturated carbocycles. The monoisotopic (exact) mass is 163 g/mol. The van der Waals surface area contributed by atoms with Gasteiger partial charge in [0.05, 0.1) is 6.04 Å². The van der Waals surface area contributed by atoms with Gasteiger partial charge in [-0.2, -0.15) is 0 Å². The van der Waals surface area contributed by atoms with Gasteiger partial charge in [-0.1, -0.05) is 6.08 Å². The molecule has 0 spiro atoms. The van der Waals surface area contributed by atoms with E-state index in [9.17, 15) is 0 Å². The molecule has 2 aliphatic heterocycles. The average Bonchev–Trinajstić information content (AvgIpc) is 2.47. The van der Waals surface area contributed by atoms with Crippen LogP contribution in [0.3, 0.4) is 0 Å². The SMILES string of the molecule is CNCC1CN2C=CC=CC2=N1. The second-order valence-corrected chi connectivity index (χ2v) is 3.05. The van der Waals surface area contributed by atoms with E-state index in [1.807, 2.05) is 19.2 Å². The Kier molecular flexibility index (Phi) is 1.96. The molecule has 64 valence electrons. The van der Waals surface area contributed by atoms with Crippen LogP contribution in [-0.4, -0.2) is 36.9 Å². The highest BCUT2D eigenvalue weighted by Gasteiger charge is 2.21. The third-order valence-corrected chi connectivity index (χ3v) is 2.08. The van der Waals surface area contributed by atoms with Crippen LogP contribution in [-0.2, 0) is 0 Å². The van der Waals surface area contributed by atoms with Gasteiger partial charge < -0.3 is 10.2 Å². The van der Waals surface area contributed by atoms with Crippen molar-refractivity contribution in [3.05, 3.63) is 24.4 Å². The number of fused-ring (bicyclic) bond motifs is 1. The fraction of sp³-hybridized carbons (Fsp3) is 0.444. The molecule has 1 atom stereocenters. The summed E-state index contributed by atoms with van der Waals surface area (Å²) in [7, 11) is 1.96. The van der Waals surface area contributed by atoms with E-state index in [2.05, 4.69) is 27.5 Å². The molecule has 0 amide bonds. The van der Waals surface area contributed by atoms with Crippen molar-refractivity contribution in [2.24, 2.45) is 4.99 Å². The molecule has 0 aromatic carbocycles. The number of likely N-dealkylation sites (N-methyl/N-ethyl adjacent to an activating group) is 1. The zero-order valence-electron chi connectivity index (χ0n) is 7.20. The van der Waals surface area contributed by atoms with Gasteiger partial charge in [-0.05, 0) is 19.2 Å². The van der Waals surface area contributed by atoms with E-state index in [0.717, 1.165) is 18.9 Å². The van der Waals surface area contributed by atoms with Crippen molar-refractivity contribution in [3.63, 3.8) is 0 Å². The topological polar surface area (TPSA) is 27.6 Å². The van der Waals surface area contributed by atoms with E-state index in [4.69, 9.17) is 0 Å². The molecule has 1 unspecified atom stereocenters. The van der Waals surface area contributed by atoms with E-state index >= 15 is 0 Å². The third kappa shape index (κ3) is 1.28. The van der Waals surface area contributed by atoms with Gasteiger partial charge >= 0.3 is 0 Å². The summed E-state index contributed by atoms with van der Waals surface area (Å²) in [6.45, 7) is 1.97. The maximum Gasteiger partial charge on any atom is 0.127 e. The van der Waals surface area contributed by atoms with Crippen molar-refractivity contribution >= 4 is 5.84 Å². The summed E-state index contributed by atoms with van der Waals surface area (Å²) < 4.78 is 0. The van der Waals surface area contributed by atoms with E-state index in [0.29, 0.717) is 6.04 Å². The van der Waals surface area contributed by atoms with Crippen molar-refractivity contribution < 1.29 is 0 Å². The highest BCUT2D eigenvalue weighted by molar-refractivity contribution is 5.96. The number of aliphatic imine (C=N–C) groups is 1. The number of rotatable bonds is 2. The van der Waals surface area contributed by atoms with Crippen molar-refractivity contribution in [2.45, 2.75) is 6.04 Å². The van der Waals surface area contributed by atoms with Gasteiger partial charge in [0.2, 0.25) is 0 Å². The predicted molar refractivity (Wildman–Crippen MR) is 50.1 cm³/mol. The van der Waals surface area contributed by atoms with Crippen LogP contribution in [0, 0.1) is 0 Å². The predicted octanol–water partition coefficient (Wildman–Crippen LogP) is 0.372. The summed E-state index contributed by atoms with van der Waals surface area (Å²) in [5.74, 6) is 1.10. The molecule has 2 aliphatic rings. The Balaban J connectivity index is 2.07. The number of amidine groups is 1. The Hall–Kier alpha value is -1.09. The quantitative estimate of drug-likeness (QED) is 0.637. The lowest BCUT2D eigenvalue weighted by Crippen LogP contribution is -2.28. The molecule has 3 heteroatoms. The molecule has 0 aromatic heterocycles. The van der Waals surface area contributed by atoms with Gasteiger partial charge in [0.25, 0.3) is 0 Å². The Labute approximate surface area is 72.5 Å². The Morgan fingerprint density at radius 2 is 2.58 bits per heavy atom. The molecule has 0 radical (unpaired) electrons. The molecule has 0 aromatic rings. The molecule has 2 rings (SSSR count). The summed E-state index contributed by atoms with van der Waals surface area (Å²) in [6.07, 6.45) is 8.20. The molecule has 2 heterocycles. The van der Waals surface area contributed by atoms with Crippen molar-refractivity contribution in [3.8, 4) is 0 Å². The van der Waals surface area contributed by atoms with Crippen molar-refractivity contribution in [2.75, 3.05) is 20.1 Å². The molecule has 0 fully saturated rings. The molecular weight excluding hydrogens is 150 g/mol. The average molecular weight is 163 g/mol. The number of allylic oxidation sites excluding steroid dienone is 2. The molecular formula is C9H13N3. The lowest BCUT2D eigenvalue weighted by atomic mass is 10.3. The Bertz CT molecular complexity index is 252. The molecule has 0 saturated heterocycles. The smallest absolute Gasteiger partial charge is 0.127 e. The normalized spacial score (nSPS) is 25.9. The van der Waals surface area contributed by atoms with Crippen LogP contribution in [0.2, 0.25) is 0 Å². The van der Waals surface area contributed by atoms with Crippen LogP contribution < -0.4 is 5.32 Å². The van der Waals surface area contributed by atoms with E-state index < -0.39 is 0 Å². The van der Waals surface area contributed by atoms with Gasteiger partial charge in [0.15, 0.2) is 0 Å². The van der Waals surface area contributed by atoms with Gasteiger partial charge in [-0.15, -0.1) is 0 Å². The molecule has 12 heavy (non-hydrogen) atoms. The van der Waals surface area contributed by atoms with E-state index in [1.165, 1.54) is 0 Å². The second-order valence-electron chi connectivity index (χ2n) is 3.05. The number of hydrogen-bond donors (Lipinski definition) is 1. The fourth-order valence-electron chi connectivity index (χ4n) is 1.54. The minimum absolute atomic E-state index is 0.414. The van der Waals surface area contributed by atoms with Crippen LogP contribution in [0.5, 0.6) is 0 Å². The number of nitrogens with one attached hydrogen (secondary N) is 1. The molecule has 0 aliphatic carbocycles. The second kappa shape index (κ2) is 3.11. The lowest BCUT2D eigenvalue weighted by Gasteiger charge is -2.15. The van der Waals surface area contributed by atoms with Crippen LogP contribution in [0.25, 0.3) is 0 Å². The lowest BCUT2D eigenvalue weighted by molar-refractivity contribution is 0.521. The Morgan fingerprint density at radius 3 is 3.33 bits per heavy atom. The van der Waals surface area contributed by atoms with Crippen molar-refractivity contribution in [1.82, 2.24) is 10.2 Å². The third-order valence-electron chi connectivity index (χ3n) is 2.08. The van der Waals surface area contributed by atoms with Crippen LogP contribution in [0.15, 0.2) is 29.4 Å². The van der Waals surface area contributed by atoms with Gasteiger partial charge in [0, 0.05) is 19.3 Å².